The van der Waals surface area contributed by atoms with Crippen molar-refractivity contribution in [1.29, 1.82) is 0 Å². The third kappa shape index (κ3) is 1.64. The molecule has 0 saturated carbocycles. The zero-order valence-electron chi connectivity index (χ0n) is 10.2. The Balaban J connectivity index is 2.40. The topological polar surface area (TPSA) is 56.2 Å². The Morgan fingerprint density at radius 2 is 1.88 bits per heavy atom. The van der Waals surface area contributed by atoms with E-state index >= 15 is 0 Å². The molecule has 7 heteroatoms. The van der Waals surface area contributed by atoms with Gasteiger partial charge in [0.15, 0.2) is 17.0 Å². The van der Waals surface area contributed by atoms with Crippen LogP contribution in [0.2, 0.25) is 0 Å². The van der Waals surface area contributed by atoms with Crippen molar-refractivity contribution in [3.05, 3.63) is 0 Å². The van der Waals surface area contributed by atoms with Crippen molar-refractivity contribution in [3.8, 4) is 0 Å². The van der Waals surface area contributed by atoms with Gasteiger partial charge in [-0.2, -0.15) is 0 Å². The van der Waals surface area contributed by atoms with Gasteiger partial charge in [-0.25, -0.2) is 9.79 Å². The zero-order chi connectivity index (χ0) is 12.9. The molecule has 0 bridgehead atoms. The molecule has 17 heavy (non-hydrogen) atoms. The predicted octanol–water partition coefficient (Wildman–Crippen LogP) is 0.680. The number of fused-ring (bicyclic) bond motifs is 1. The van der Waals surface area contributed by atoms with Gasteiger partial charge < -0.3 is 9.80 Å². The number of imide groups is 1. The molecule has 0 radical (unpaired) electrons. The summed E-state index contributed by atoms with van der Waals surface area (Å²) >= 11 is 3.36. The number of nitrogens with zero attached hydrogens (tertiary/aromatic N) is 4. The summed E-state index contributed by atoms with van der Waals surface area (Å²) in [6.45, 7) is 3.98. The molecule has 0 aromatic rings. The fourth-order valence-corrected chi connectivity index (χ4v) is 3.07. The first-order valence-corrected chi connectivity index (χ1v) is 6.21. The Bertz CT molecular complexity index is 409. The molecule has 6 nitrogen and oxygen atoms in total. The average Bonchev–Trinajstić information content (AvgIpc) is 2.61. The monoisotopic (exact) mass is 302 g/mol. The molecule has 2 heterocycles. The second-order valence-corrected chi connectivity index (χ2v) is 5.26. The number of aliphatic imine (C=N–C) groups is 1. The van der Waals surface area contributed by atoms with E-state index in [4.69, 9.17) is 0 Å². The summed E-state index contributed by atoms with van der Waals surface area (Å²) in [5.74, 6) is -0.204. The Labute approximate surface area is 108 Å². The molecule has 2 rings (SSSR count). The van der Waals surface area contributed by atoms with Gasteiger partial charge in [-0.15, -0.1) is 0 Å². The quantitative estimate of drug-likeness (QED) is 0.669. The van der Waals surface area contributed by atoms with E-state index in [1.165, 1.54) is 11.9 Å². The van der Waals surface area contributed by atoms with Crippen LogP contribution in [0.4, 0.5) is 4.79 Å². The number of hydrogen-bond acceptors (Lipinski definition) is 4. The summed E-state index contributed by atoms with van der Waals surface area (Å²) < 4.78 is 0.630. The van der Waals surface area contributed by atoms with Gasteiger partial charge >= 0.3 is 6.03 Å². The lowest BCUT2D eigenvalue weighted by Gasteiger charge is -2.41. The maximum Gasteiger partial charge on any atom is 0.328 e. The molecule has 2 atom stereocenters. The van der Waals surface area contributed by atoms with Crippen molar-refractivity contribution in [2.24, 2.45) is 4.99 Å². The second-order valence-electron chi connectivity index (χ2n) is 4.55. The van der Waals surface area contributed by atoms with Gasteiger partial charge in [-0.3, -0.25) is 9.69 Å². The van der Waals surface area contributed by atoms with E-state index in [0.29, 0.717) is 4.74 Å². The van der Waals surface area contributed by atoms with Crippen LogP contribution in [0.3, 0.4) is 0 Å². The molecule has 0 aromatic carbocycles. The number of likely N-dealkylation sites (N-methyl/N-ethyl adjacent to an activating group) is 2. The third-order valence-electron chi connectivity index (χ3n) is 3.16. The van der Waals surface area contributed by atoms with E-state index in [-0.39, 0.29) is 18.0 Å². The number of halogens is 1. The average molecular weight is 303 g/mol. The van der Waals surface area contributed by atoms with Crippen LogP contribution >= 0.6 is 15.9 Å². The van der Waals surface area contributed by atoms with Crippen LogP contribution in [0.25, 0.3) is 0 Å². The minimum Gasteiger partial charge on any atom is -0.333 e. The third-order valence-corrected chi connectivity index (χ3v) is 3.77. The molecular weight excluding hydrogens is 288 g/mol. The molecule has 2 aliphatic rings. The maximum atomic E-state index is 12.2. The van der Waals surface area contributed by atoms with Gasteiger partial charge in [-0.05, 0) is 29.8 Å². The summed E-state index contributed by atoms with van der Waals surface area (Å²) in [6.07, 6.45) is -0.428. The van der Waals surface area contributed by atoms with Crippen molar-refractivity contribution in [3.63, 3.8) is 0 Å². The number of urea groups is 1. The van der Waals surface area contributed by atoms with Gasteiger partial charge in [0, 0.05) is 20.1 Å². The largest absolute Gasteiger partial charge is 0.333 e. The normalized spacial score (nSPS) is 29.1. The number of hydrogen-bond donors (Lipinski definition) is 0. The highest BCUT2D eigenvalue weighted by Crippen LogP contribution is 2.30. The van der Waals surface area contributed by atoms with E-state index in [1.54, 1.807) is 7.05 Å². The minimum absolute atomic E-state index is 0.141. The summed E-state index contributed by atoms with van der Waals surface area (Å²) in [5, 5.41) is 0. The Morgan fingerprint density at radius 3 is 2.41 bits per heavy atom. The van der Waals surface area contributed by atoms with Gasteiger partial charge in [0.25, 0.3) is 5.91 Å². The molecule has 94 valence electrons. The smallest absolute Gasteiger partial charge is 0.328 e. The van der Waals surface area contributed by atoms with E-state index in [2.05, 4.69) is 20.9 Å². The molecule has 0 aliphatic carbocycles. The lowest BCUT2D eigenvalue weighted by Crippen LogP contribution is -2.64. The van der Waals surface area contributed by atoms with Crippen LogP contribution in [-0.4, -0.2) is 63.7 Å². The second kappa shape index (κ2) is 3.97. The predicted molar refractivity (Wildman–Crippen MR) is 66.8 cm³/mol. The van der Waals surface area contributed by atoms with Crippen LogP contribution in [0, 0.1) is 0 Å². The molecule has 0 N–H and O–H groups in total. The standard InChI is InChI=1S/C10H15BrN4O2/c1-5(2)15-6-7(12-9(15)11)13(3)10(17)14(4)8(6)16/h5-7H,1-4H3/t6-,7-/m1/s1. The molecule has 2 aliphatic heterocycles. The van der Waals surface area contributed by atoms with E-state index in [1.807, 2.05) is 18.7 Å². The highest BCUT2D eigenvalue weighted by Gasteiger charge is 2.51. The number of rotatable bonds is 1. The van der Waals surface area contributed by atoms with Crippen molar-refractivity contribution >= 4 is 32.6 Å². The first-order chi connectivity index (χ1) is 7.86. The first-order valence-electron chi connectivity index (χ1n) is 5.42. The Kier molecular flexibility index (Phi) is 2.89. The van der Waals surface area contributed by atoms with E-state index in [0.717, 1.165) is 4.90 Å². The van der Waals surface area contributed by atoms with Crippen molar-refractivity contribution in [1.82, 2.24) is 14.7 Å². The molecule has 3 amide bonds. The first kappa shape index (κ1) is 12.3. The number of carbonyl (C=O) groups is 2. The fourth-order valence-electron chi connectivity index (χ4n) is 2.23. The summed E-state index contributed by atoms with van der Waals surface area (Å²) in [6, 6.07) is -0.593. The number of amides is 3. The zero-order valence-corrected chi connectivity index (χ0v) is 11.8. The van der Waals surface area contributed by atoms with Gasteiger partial charge in [0.2, 0.25) is 0 Å². The van der Waals surface area contributed by atoms with E-state index in [9.17, 15) is 9.59 Å². The maximum absolute atomic E-state index is 12.2. The summed E-state index contributed by atoms with van der Waals surface area (Å²) in [7, 11) is 3.17. The van der Waals surface area contributed by atoms with Crippen LogP contribution in [-0.2, 0) is 4.79 Å². The lowest BCUT2D eigenvalue weighted by atomic mass is 10.1. The Morgan fingerprint density at radius 1 is 1.29 bits per heavy atom. The van der Waals surface area contributed by atoms with Crippen molar-refractivity contribution in [2.75, 3.05) is 14.1 Å². The number of amidine groups is 1. The SMILES string of the molecule is CC(C)N1C(Br)=N[C@H]2[C@@H]1C(=O)N(C)C(=O)N2C. The van der Waals surface area contributed by atoms with Gasteiger partial charge in [-0.1, -0.05) is 0 Å². The highest BCUT2D eigenvalue weighted by molar-refractivity contribution is 9.18. The van der Waals surface area contributed by atoms with Crippen LogP contribution in [0.5, 0.6) is 0 Å². The molecular formula is C10H15BrN4O2. The fraction of sp³-hybridized carbons (Fsp3) is 0.700. The molecule has 1 saturated heterocycles. The van der Waals surface area contributed by atoms with Gasteiger partial charge in [0.1, 0.15) is 0 Å². The molecule has 0 unspecified atom stereocenters. The van der Waals surface area contributed by atoms with Gasteiger partial charge in [0.05, 0.1) is 0 Å². The number of carbonyl (C=O) groups excluding carboxylic acids is 2. The van der Waals surface area contributed by atoms with Crippen LogP contribution in [0.1, 0.15) is 13.8 Å². The van der Waals surface area contributed by atoms with Crippen LogP contribution in [0.15, 0.2) is 4.99 Å². The lowest BCUT2D eigenvalue weighted by molar-refractivity contribution is -0.136. The van der Waals surface area contributed by atoms with Crippen molar-refractivity contribution in [2.45, 2.75) is 32.1 Å². The summed E-state index contributed by atoms with van der Waals surface area (Å²) in [5.41, 5.74) is 0. The van der Waals surface area contributed by atoms with Crippen LogP contribution < -0.4 is 0 Å². The molecule has 0 spiro atoms. The minimum atomic E-state index is -0.428. The van der Waals surface area contributed by atoms with E-state index < -0.39 is 12.2 Å². The van der Waals surface area contributed by atoms with Crippen molar-refractivity contribution < 1.29 is 9.59 Å². The Hall–Kier alpha value is -1.11. The molecule has 0 aromatic heterocycles. The highest BCUT2D eigenvalue weighted by atomic mass is 79.9. The summed E-state index contributed by atoms with van der Waals surface area (Å²) in [4.78, 5) is 32.8. The molecule has 1 fully saturated rings.